The van der Waals surface area contributed by atoms with Gasteiger partial charge in [0.2, 0.25) is 0 Å². The van der Waals surface area contributed by atoms with E-state index < -0.39 is 5.97 Å². The Balaban J connectivity index is 2.17. The largest absolute Gasteiger partial charge is 0.481 e. The van der Waals surface area contributed by atoms with Gasteiger partial charge in [0.15, 0.2) is 0 Å². The number of hydrogen-bond donors (Lipinski definition) is 1. The Kier molecular flexibility index (Phi) is 4.40. The zero-order chi connectivity index (χ0) is 13.0. The zero-order valence-electron chi connectivity index (χ0n) is 11.1. The second kappa shape index (κ2) is 6.03. The van der Waals surface area contributed by atoms with Crippen molar-refractivity contribution in [1.82, 2.24) is 0 Å². The number of carboxylic acids is 1. The molecular weight excluding hydrogens is 224 g/mol. The van der Waals surface area contributed by atoms with E-state index in [4.69, 9.17) is 0 Å². The van der Waals surface area contributed by atoms with Gasteiger partial charge in [-0.1, -0.05) is 50.5 Å². The topological polar surface area (TPSA) is 37.3 Å². The molecule has 0 radical (unpaired) electrons. The third kappa shape index (κ3) is 2.92. The van der Waals surface area contributed by atoms with Crippen LogP contribution in [-0.4, -0.2) is 11.1 Å². The molecule has 0 saturated heterocycles. The van der Waals surface area contributed by atoms with Gasteiger partial charge >= 0.3 is 5.97 Å². The Bertz CT molecular complexity index is 388. The van der Waals surface area contributed by atoms with Gasteiger partial charge in [-0.3, -0.25) is 4.79 Å². The monoisotopic (exact) mass is 246 g/mol. The Hall–Kier alpha value is -1.31. The molecule has 1 aromatic rings. The number of hydrogen-bond acceptors (Lipinski definition) is 1. The summed E-state index contributed by atoms with van der Waals surface area (Å²) in [4.78, 5) is 11.5. The molecule has 1 aliphatic rings. The summed E-state index contributed by atoms with van der Waals surface area (Å²) < 4.78 is 0. The molecule has 0 bridgehead atoms. The Morgan fingerprint density at radius 3 is 2.39 bits per heavy atom. The summed E-state index contributed by atoms with van der Waals surface area (Å²) in [5.74, 6) is -0.632. The number of carboxylic acid groups (broad SMARTS) is 1. The highest BCUT2D eigenvalue weighted by Crippen LogP contribution is 2.37. The molecule has 1 aliphatic carbocycles. The van der Waals surface area contributed by atoms with Crippen LogP contribution in [0.5, 0.6) is 0 Å². The minimum atomic E-state index is -0.662. The third-order valence-electron chi connectivity index (χ3n) is 4.01. The van der Waals surface area contributed by atoms with E-state index in [2.05, 4.69) is 19.1 Å². The number of rotatable bonds is 5. The van der Waals surface area contributed by atoms with Gasteiger partial charge in [0.05, 0.1) is 5.92 Å². The van der Waals surface area contributed by atoms with Crippen molar-refractivity contribution in [3.63, 3.8) is 0 Å². The zero-order valence-corrected chi connectivity index (χ0v) is 11.1. The number of aryl methyl sites for hydroxylation is 1. The maximum Gasteiger partial charge on any atom is 0.311 e. The minimum absolute atomic E-state index is 0.303. The first-order chi connectivity index (χ1) is 8.72. The summed E-state index contributed by atoms with van der Waals surface area (Å²) in [5, 5.41) is 9.46. The van der Waals surface area contributed by atoms with Crippen molar-refractivity contribution in [2.45, 2.75) is 51.4 Å². The fourth-order valence-corrected chi connectivity index (χ4v) is 3.09. The van der Waals surface area contributed by atoms with Crippen LogP contribution in [0.3, 0.4) is 0 Å². The first-order valence-electron chi connectivity index (χ1n) is 7.04. The molecule has 1 N–H and O–H groups in total. The lowest BCUT2D eigenvalue weighted by Crippen LogP contribution is -2.19. The molecule has 2 nitrogen and oxygen atoms in total. The van der Waals surface area contributed by atoms with E-state index in [1.165, 1.54) is 18.4 Å². The van der Waals surface area contributed by atoms with Crippen molar-refractivity contribution in [2.24, 2.45) is 5.92 Å². The quantitative estimate of drug-likeness (QED) is 0.852. The summed E-state index contributed by atoms with van der Waals surface area (Å²) in [6.45, 7) is 2.16. The molecule has 0 heterocycles. The first-order valence-corrected chi connectivity index (χ1v) is 7.04. The van der Waals surface area contributed by atoms with Crippen LogP contribution in [0.25, 0.3) is 0 Å². The molecule has 98 valence electrons. The number of carbonyl (C=O) groups is 1. The fraction of sp³-hybridized carbons (Fsp3) is 0.562. The van der Waals surface area contributed by atoms with E-state index in [0.717, 1.165) is 31.2 Å². The Morgan fingerprint density at radius 2 is 1.89 bits per heavy atom. The van der Waals surface area contributed by atoms with Crippen LogP contribution in [0.2, 0.25) is 0 Å². The SMILES string of the molecule is CCCc1ccc(C(C(=O)O)C2CCCC2)cc1. The number of aliphatic carboxylic acids is 1. The smallest absolute Gasteiger partial charge is 0.311 e. The molecule has 1 aromatic carbocycles. The molecule has 0 aromatic heterocycles. The minimum Gasteiger partial charge on any atom is -0.481 e. The fourth-order valence-electron chi connectivity index (χ4n) is 3.09. The van der Waals surface area contributed by atoms with Crippen molar-refractivity contribution in [3.8, 4) is 0 Å². The van der Waals surface area contributed by atoms with E-state index >= 15 is 0 Å². The molecule has 1 atom stereocenters. The van der Waals surface area contributed by atoms with Crippen LogP contribution in [0.4, 0.5) is 0 Å². The second-order valence-electron chi connectivity index (χ2n) is 5.35. The van der Waals surface area contributed by atoms with Crippen LogP contribution in [0.15, 0.2) is 24.3 Å². The average Bonchev–Trinajstić information content (AvgIpc) is 2.85. The molecule has 2 heteroatoms. The summed E-state index contributed by atoms with van der Waals surface area (Å²) >= 11 is 0. The van der Waals surface area contributed by atoms with Crippen LogP contribution in [0.1, 0.15) is 56.1 Å². The van der Waals surface area contributed by atoms with Gasteiger partial charge in [-0.2, -0.15) is 0 Å². The second-order valence-corrected chi connectivity index (χ2v) is 5.35. The molecule has 0 aliphatic heterocycles. The molecule has 18 heavy (non-hydrogen) atoms. The Morgan fingerprint density at radius 1 is 1.28 bits per heavy atom. The van der Waals surface area contributed by atoms with E-state index in [-0.39, 0.29) is 5.92 Å². The van der Waals surface area contributed by atoms with Crippen molar-refractivity contribution in [1.29, 1.82) is 0 Å². The van der Waals surface area contributed by atoms with Crippen LogP contribution < -0.4 is 0 Å². The van der Waals surface area contributed by atoms with Crippen LogP contribution >= 0.6 is 0 Å². The third-order valence-corrected chi connectivity index (χ3v) is 4.01. The lowest BCUT2D eigenvalue weighted by molar-refractivity contribution is -0.140. The highest BCUT2D eigenvalue weighted by Gasteiger charge is 2.31. The molecular formula is C16H22O2. The van der Waals surface area contributed by atoms with Crippen LogP contribution in [-0.2, 0) is 11.2 Å². The summed E-state index contributed by atoms with van der Waals surface area (Å²) in [7, 11) is 0. The predicted octanol–water partition coefficient (Wildman–Crippen LogP) is 4.00. The average molecular weight is 246 g/mol. The van der Waals surface area contributed by atoms with Gasteiger partial charge in [0.25, 0.3) is 0 Å². The maximum absolute atomic E-state index is 11.5. The van der Waals surface area contributed by atoms with Gasteiger partial charge in [-0.15, -0.1) is 0 Å². The van der Waals surface area contributed by atoms with Crippen molar-refractivity contribution < 1.29 is 9.90 Å². The van der Waals surface area contributed by atoms with Crippen molar-refractivity contribution in [2.75, 3.05) is 0 Å². The standard InChI is InChI=1S/C16H22O2/c1-2-5-12-8-10-14(11-9-12)15(16(17)18)13-6-3-4-7-13/h8-11,13,15H,2-7H2,1H3,(H,17,18). The molecule has 2 rings (SSSR count). The molecule has 0 amide bonds. The maximum atomic E-state index is 11.5. The summed E-state index contributed by atoms with van der Waals surface area (Å²) in [5.41, 5.74) is 2.28. The van der Waals surface area contributed by atoms with Gasteiger partial charge in [-0.25, -0.2) is 0 Å². The normalized spacial score (nSPS) is 17.8. The highest BCUT2D eigenvalue weighted by atomic mass is 16.4. The van der Waals surface area contributed by atoms with Gasteiger partial charge in [0.1, 0.15) is 0 Å². The van der Waals surface area contributed by atoms with Gasteiger partial charge in [0, 0.05) is 0 Å². The number of benzene rings is 1. The molecule has 1 saturated carbocycles. The van der Waals surface area contributed by atoms with Gasteiger partial charge < -0.3 is 5.11 Å². The van der Waals surface area contributed by atoms with Crippen LogP contribution in [0, 0.1) is 5.92 Å². The van der Waals surface area contributed by atoms with Crippen molar-refractivity contribution >= 4 is 5.97 Å². The molecule has 0 spiro atoms. The van der Waals surface area contributed by atoms with E-state index in [9.17, 15) is 9.90 Å². The highest BCUT2D eigenvalue weighted by molar-refractivity contribution is 5.76. The lowest BCUT2D eigenvalue weighted by atomic mass is 9.84. The summed E-state index contributed by atoms with van der Waals surface area (Å²) in [6, 6.07) is 8.21. The summed E-state index contributed by atoms with van der Waals surface area (Å²) in [6.07, 6.45) is 6.69. The molecule has 1 fully saturated rings. The van der Waals surface area contributed by atoms with Gasteiger partial charge in [-0.05, 0) is 36.3 Å². The van der Waals surface area contributed by atoms with Crippen molar-refractivity contribution in [3.05, 3.63) is 35.4 Å². The first kappa shape index (κ1) is 13.1. The van der Waals surface area contributed by atoms with E-state index in [1.807, 2.05) is 12.1 Å². The lowest BCUT2D eigenvalue weighted by Gasteiger charge is -2.19. The predicted molar refractivity (Wildman–Crippen MR) is 72.8 cm³/mol. The molecule has 1 unspecified atom stereocenters. The van der Waals surface area contributed by atoms with E-state index in [1.54, 1.807) is 0 Å². The van der Waals surface area contributed by atoms with E-state index in [0.29, 0.717) is 5.92 Å². The Labute approximate surface area is 109 Å².